The van der Waals surface area contributed by atoms with Gasteiger partial charge in [0.2, 0.25) is 0 Å². The second kappa shape index (κ2) is 9.42. The predicted octanol–water partition coefficient (Wildman–Crippen LogP) is -0.293. The largest absolute Gasteiger partial charge is 0.481 e. The summed E-state index contributed by atoms with van der Waals surface area (Å²) in [7, 11) is 3.49. The summed E-state index contributed by atoms with van der Waals surface area (Å²) in [6, 6.07) is -0.432. The maximum atomic E-state index is 11.6. The van der Waals surface area contributed by atoms with E-state index < -0.39 is 12.0 Å². The molecule has 8 nitrogen and oxygen atoms in total. The van der Waals surface area contributed by atoms with Crippen LogP contribution in [0.5, 0.6) is 0 Å². The van der Waals surface area contributed by atoms with Gasteiger partial charge in [0.1, 0.15) is 5.82 Å². The van der Waals surface area contributed by atoms with Crippen LogP contribution in [-0.4, -0.2) is 55.4 Å². The van der Waals surface area contributed by atoms with E-state index in [-0.39, 0.29) is 13.0 Å². The van der Waals surface area contributed by atoms with Gasteiger partial charge < -0.3 is 26.4 Å². The Kier molecular flexibility index (Phi) is 8.24. The second-order valence-corrected chi connectivity index (χ2v) is 3.96. The Labute approximate surface area is 118 Å². The molecule has 2 amide bonds. The third kappa shape index (κ3) is 7.75. The number of nitrogens with two attached hydrogens (primary N) is 1. The van der Waals surface area contributed by atoms with Crippen LogP contribution in [-0.2, 0) is 4.79 Å². The van der Waals surface area contributed by atoms with Crippen molar-refractivity contribution in [3.8, 4) is 0 Å². The van der Waals surface area contributed by atoms with Crippen molar-refractivity contribution in [1.29, 1.82) is 0 Å². The molecule has 0 aliphatic rings. The summed E-state index contributed by atoms with van der Waals surface area (Å²) in [5, 5.41) is 13.5. The highest BCUT2D eigenvalue weighted by molar-refractivity contribution is 5.84. The lowest BCUT2D eigenvalue weighted by atomic mass is 10.4. The number of urea groups is 1. The molecule has 0 aromatic carbocycles. The van der Waals surface area contributed by atoms with E-state index in [2.05, 4.69) is 22.2 Å². The normalized spacial score (nSPS) is 11.7. The van der Waals surface area contributed by atoms with Crippen molar-refractivity contribution < 1.29 is 14.7 Å². The van der Waals surface area contributed by atoms with E-state index in [1.807, 2.05) is 0 Å². The minimum atomic E-state index is -0.945. The number of amides is 2. The van der Waals surface area contributed by atoms with Gasteiger partial charge in [-0.1, -0.05) is 6.58 Å². The average molecular weight is 283 g/mol. The van der Waals surface area contributed by atoms with E-state index in [1.165, 1.54) is 12.3 Å². The number of aliphatic carboxylic acids is 1. The van der Waals surface area contributed by atoms with Crippen molar-refractivity contribution in [3.05, 3.63) is 24.2 Å². The van der Waals surface area contributed by atoms with Gasteiger partial charge in [0.05, 0.1) is 18.7 Å². The SMILES string of the molecule is C=C/C(NC(=O)NCCN=CCC(=O)O)=C(/N)N(C)C. The zero-order chi connectivity index (χ0) is 15.5. The van der Waals surface area contributed by atoms with Crippen molar-refractivity contribution >= 4 is 18.2 Å². The van der Waals surface area contributed by atoms with Gasteiger partial charge in [-0.25, -0.2) is 4.79 Å². The molecular weight excluding hydrogens is 262 g/mol. The molecule has 0 unspecified atom stereocenters. The van der Waals surface area contributed by atoms with Crippen LogP contribution in [0, 0.1) is 0 Å². The van der Waals surface area contributed by atoms with Crippen LogP contribution >= 0.6 is 0 Å². The summed E-state index contributed by atoms with van der Waals surface area (Å²) >= 11 is 0. The van der Waals surface area contributed by atoms with Crippen molar-refractivity contribution in [2.24, 2.45) is 10.7 Å². The fraction of sp³-hybridized carbons (Fsp3) is 0.417. The number of carbonyl (C=O) groups excluding carboxylic acids is 1. The molecular formula is C12H21N5O3. The van der Waals surface area contributed by atoms with Gasteiger partial charge in [0.15, 0.2) is 0 Å². The molecule has 0 atom stereocenters. The first-order chi connectivity index (χ1) is 9.38. The zero-order valence-corrected chi connectivity index (χ0v) is 11.7. The first-order valence-electron chi connectivity index (χ1n) is 5.93. The highest BCUT2D eigenvalue weighted by atomic mass is 16.4. The minimum absolute atomic E-state index is 0.130. The molecule has 0 aliphatic carbocycles. The molecule has 0 bridgehead atoms. The first kappa shape index (κ1) is 17.5. The molecule has 0 aromatic heterocycles. The lowest BCUT2D eigenvalue weighted by Gasteiger charge is -2.16. The Bertz CT molecular complexity index is 415. The number of rotatable bonds is 8. The van der Waals surface area contributed by atoms with Crippen LogP contribution in [0.1, 0.15) is 6.42 Å². The van der Waals surface area contributed by atoms with E-state index in [1.54, 1.807) is 19.0 Å². The Hall–Kier alpha value is -2.51. The molecule has 0 saturated carbocycles. The molecule has 112 valence electrons. The van der Waals surface area contributed by atoms with Crippen LogP contribution in [0.25, 0.3) is 0 Å². The van der Waals surface area contributed by atoms with Gasteiger partial charge in [0.25, 0.3) is 0 Å². The third-order valence-electron chi connectivity index (χ3n) is 2.13. The number of hydrogen-bond acceptors (Lipinski definition) is 5. The second-order valence-electron chi connectivity index (χ2n) is 3.96. The van der Waals surface area contributed by atoms with Crippen molar-refractivity contribution in [1.82, 2.24) is 15.5 Å². The zero-order valence-electron chi connectivity index (χ0n) is 11.7. The lowest BCUT2D eigenvalue weighted by molar-refractivity contribution is -0.135. The van der Waals surface area contributed by atoms with E-state index >= 15 is 0 Å². The molecule has 0 aromatic rings. The number of nitrogens with one attached hydrogen (secondary N) is 2. The summed E-state index contributed by atoms with van der Waals surface area (Å²) < 4.78 is 0. The molecule has 8 heteroatoms. The highest BCUT2D eigenvalue weighted by Gasteiger charge is 2.06. The summed E-state index contributed by atoms with van der Waals surface area (Å²) in [6.45, 7) is 4.16. The molecule has 0 radical (unpaired) electrons. The Balaban J connectivity index is 4.11. The van der Waals surface area contributed by atoms with Crippen LogP contribution in [0.2, 0.25) is 0 Å². The molecule has 0 heterocycles. The van der Waals surface area contributed by atoms with Crippen molar-refractivity contribution in [2.45, 2.75) is 6.42 Å². The van der Waals surface area contributed by atoms with Crippen LogP contribution < -0.4 is 16.4 Å². The Morgan fingerprint density at radius 3 is 2.60 bits per heavy atom. The fourth-order valence-electron chi connectivity index (χ4n) is 1.09. The number of carboxylic acid groups (broad SMARTS) is 1. The average Bonchev–Trinajstić information content (AvgIpc) is 2.38. The number of allylic oxidation sites excluding steroid dienone is 1. The van der Waals surface area contributed by atoms with Crippen LogP contribution in [0.4, 0.5) is 4.79 Å². The smallest absolute Gasteiger partial charge is 0.319 e. The molecule has 0 fully saturated rings. The summed E-state index contributed by atoms with van der Waals surface area (Å²) in [5.41, 5.74) is 6.16. The van der Waals surface area contributed by atoms with Gasteiger partial charge in [-0.3, -0.25) is 9.79 Å². The quantitative estimate of drug-likeness (QED) is 0.277. The standard InChI is InChI=1S/C12H21N5O3/c1-4-9(11(13)17(2)3)16-12(20)15-8-7-14-6-5-10(18)19/h4,6H,1,5,7-8,13H2,2-3H3,(H,18,19)(H2,15,16,20)/b11-9+,14-6?. The highest BCUT2D eigenvalue weighted by Crippen LogP contribution is 1.98. The van der Waals surface area contributed by atoms with E-state index in [9.17, 15) is 9.59 Å². The predicted molar refractivity (Wildman–Crippen MR) is 77.2 cm³/mol. The van der Waals surface area contributed by atoms with Gasteiger partial charge >= 0.3 is 12.0 Å². The lowest BCUT2D eigenvalue weighted by Crippen LogP contribution is -2.38. The maximum Gasteiger partial charge on any atom is 0.319 e. The first-order valence-corrected chi connectivity index (χ1v) is 5.93. The van der Waals surface area contributed by atoms with Gasteiger partial charge in [-0.15, -0.1) is 0 Å². The van der Waals surface area contributed by atoms with Crippen molar-refractivity contribution in [3.63, 3.8) is 0 Å². The van der Waals surface area contributed by atoms with E-state index in [0.717, 1.165) is 0 Å². The number of nitrogens with zero attached hydrogens (tertiary/aromatic N) is 2. The number of carbonyl (C=O) groups is 2. The van der Waals surface area contributed by atoms with Crippen LogP contribution in [0.15, 0.2) is 29.2 Å². The number of carboxylic acids is 1. The third-order valence-corrected chi connectivity index (χ3v) is 2.13. The van der Waals surface area contributed by atoms with Gasteiger partial charge in [0, 0.05) is 26.9 Å². The molecule has 20 heavy (non-hydrogen) atoms. The topological polar surface area (TPSA) is 120 Å². The number of hydrogen-bond donors (Lipinski definition) is 4. The molecule has 0 aliphatic heterocycles. The summed E-state index contributed by atoms with van der Waals surface area (Å²) in [5.74, 6) is -0.561. The van der Waals surface area contributed by atoms with Crippen molar-refractivity contribution in [2.75, 3.05) is 27.2 Å². The Morgan fingerprint density at radius 2 is 2.10 bits per heavy atom. The number of aliphatic imine (C=N–C) groups is 1. The maximum absolute atomic E-state index is 11.6. The van der Waals surface area contributed by atoms with Gasteiger partial charge in [-0.05, 0) is 6.08 Å². The molecule has 0 rings (SSSR count). The minimum Gasteiger partial charge on any atom is -0.481 e. The molecule has 0 spiro atoms. The monoisotopic (exact) mass is 283 g/mol. The molecule has 5 N–H and O–H groups in total. The summed E-state index contributed by atoms with van der Waals surface area (Å²) in [6.07, 6.45) is 2.61. The molecule has 0 saturated heterocycles. The summed E-state index contributed by atoms with van der Waals surface area (Å²) in [4.78, 5) is 27.2. The Morgan fingerprint density at radius 1 is 1.45 bits per heavy atom. The van der Waals surface area contributed by atoms with E-state index in [0.29, 0.717) is 18.1 Å². The van der Waals surface area contributed by atoms with E-state index in [4.69, 9.17) is 10.8 Å². The van der Waals surface area contributed by atoms with Crippen LogP contribution in [0.3, 0.4) is 0 Å². The van der Waals surface area contributed by atoms with Gasteiger partial charge in [-0.2, -0.15) is 0 Å². The fourth-order valence-corrected chi connectivity index (χ4v) is 1.09.